The Morgan fingerprint density at radius 3 is 2.37 bits per heavy atom. The summed E-state index contributed by atoms with van der Waals surface area (Å²) in [6.07, 6.45) is 4.86. The van der Waals surface area contributed by atoms with Crippen LogP contribution < -0.4 is 15.4 Å². The summed E-state index contributed by atoms with van der Waals surface area (Å²) in [6, 6.07) is 13.7. The van der Waals surface area contributed by atoms with Crippen LogP contribution in [0.3, 0.4) is 0 Å². The Balaban J connectivity index is 2.07. The molecule has 0 bridgehead atoms. The van der Waals surface area contributed by atoms with E-state index in [-0.39, 0.29) is 32.0 Å². The van der Waals surface area contributed by atoms with Crippen LogP contribution in [-0.2, 0) is 30.4 Å². The fraction of sp³-hybridized carbons (Fsp3) is 0.345. The Morgan fingerprint density at radius 1 is 0.921 bits per heavy atom. The average molecular weight is 525 g/mol. The van der Waals surface area contributed by atoms with Gasteiger partial charge >= 0.3 is 5.97 Å². The molecule has 0 aliphatic rings. The maximum atomic E-state index is 13.1. The van der Waals surface area contributed by atoms with Crippen molar-refractivity contribution in [3.05, 3.63) is 91.0 Å². The van der Waals surface area contributed by atoms with Crippen LogP contribution in [0.5, 0.6) is 5.75 Å². The molecular formula is C29H36N2O7. The lowest BCUT2D eigenvalue weighted by molar-refractivity contribution is -0.151. The molecule has 2 atom stereocenters. The van der Waals surface area contributed by atoms with Crippen molar-refractivity contribution in [2.45, 2.75) is 31.5 Å². The van der Waals surface area contributed by atoms with E-state index >= 15 is 0 Å². The summed E-state index contributed by atoms with van der Waals surface area (Å²) in [6.45, 7) is 7.63. The minimum absolute atomic E-state index is 0.0370. The van der Waals surface area contributed by atoms with Crippen LogP contribution in [-0.4, -0.2) is 63.4 Å². The third kappa shape index (κ3) is 10.6. The largest absolute Gasteiger partial charge is 0.493 e. The van der Waals surface area contributed by atoms with Gasteiger partial charge in [0.2, 0.25) is 5.91 Å². The molecule has 0 spiro atoms. The Hall–Kier alpha value is -3.95. The highest BCUT2D eigenvalue weighted by Gasteiger charge is 2.29. The van der Waals surface area contributed by atoms with Crippen LogP contribution in [0.15, 0.2) is 79.9 Å². The predicted molar refractivity (Wildman–Crippen MR) is 144 cm³/mol. The molecule has 2 rings (SSSR count). The molecule has 38 heavy (non-hydrogen) atoms. The highest BCUT2D eigenvalue weighted by atomic mass is 16.5. The number of esters is 1. The van der Waals surface area contributed by atoms with E-state index in [1.54, 1.807) is 30.3 Å². The molecule has 0 saturated carbocycles. The summed E-state index contributed by atoms with van der Waals surface area (Å²) >= 11 is 0. The van der Waals surface area contributed by atoms with Gasteiger partial charge in [-0.2, -0.15) is 0 Å². The molecule has 0 aromatic heterocycles. The number of carbonyl (C=O) groups is 3. The molecule has 2 amide bonds. The highest BCUT2D eigenvalue weighted by molar-refractivity contribution is 6.00. The summed E-state index contributed by atoms with van der Waals surface area (Å²) in [4.78, 5) is 39.0. The molecule has 2 N–H and O–H groups in total. The molecule has 0 aliphatic carbocycles. The molecule has 2 aromatic carbocycles. The minimum Gasteiger partial charge on any atom is -0.493 e. The number of hydrogen-bond acceptors (Lipinski definition) is 7. The van der Waals surface area contributed by atoms with Crippen molar-refractivity contribution in [3.8, 4) is 5.75 Å². The minimum atomic E-state index is -1.11. The molecule has 0 fully saturated rings. The summed E-state index contributed by atoms with van der Waals surface area (Å²) in [7, 11) is 1.40. The zero-order valence-electron chi connectivity index (χ0n) is 21.7. The second kappa shape index (κ2) is 17.5. The summed E-state index contributed by atoms with van der Waals surface area (Å²) < 4.78 is 21.7. The van der Waals surface area contributed by atoms with E-state index in [4.69, 9.17) is 18.9 Å². The molecule has 2 aromatic rings. The van der Waals surface area contributed by atoms with E-state index in [0.717, 1.165) is 18.4 Å². The van der Waals surface area contributed by atoms with Crippen LogP contribution in [0.25, 0.3) is 0 Å². The van der Waals surface area contributed by atoms with Gasteiger partial charge < -0.3 is 29.6 Å². The number of allylic oxidation sites excluding steroid dienone is 1. The van der Waals surface area contributed by atoms with Crippen molar-refractivity contribution >= 4 is 17.8 Å². The molecule has 0 radical (unpaired) electrons. The summed E-state index contributed by atoms with van der Waals surface area (Å²) in [5.41, 5.74) is 1.07. The van der Waals surface area contributed by atoms with Crippen LogP contribution in [0.2, 0.25) is 0 Å². The van der Waals surface area contributed by atoms with Gasteiger partial charge in [0.25, 0.3) is 5.91 Å². The third-order valence-corrected chi connectivity index (χ3v) is 5.24. The van der Waals surface area contributed by atoms with Gasteiger partial charge in [-0.3, -0.25) is 9.59 Å². The molecule has 0 saturated heterocycles. The summed E-state index contributed by atoms with van der Waals surface area (Å²) in [5, 5.41) is 5.27. The predicted octanol–water partition coefficient (Wildman–Crippen LogP) is 3.21. The Bertz CT molecular complexity index is 1040. The molecule has 9 heteroatoms. The van der Waals surface area contributed by atoms with Crippen molar-refractivity contribution in [2.24, 2.45) is 0 Å². The number of ether oxygens (including phenoxy) is 4. The lowest BCUT2D eigenvalue weighted by Crippen LogP contribution is -2.54. The summed E-state index contributed by atoms with van der Waals surface area (Å²) in [5.74, 6) is -1.43. The van der Waals surface area contributed by atoms with E-state index in [1.165, 1.54) is 13.2 Å². The van der Waals surface area contributed by atoms with Crippen LogP contribution in [0.1, 0.15) is 28.8 Å². The van der Waals surface area contributed by atoms with E-state index in [0.29, 0.717) is 12.4 Å². The van der Waals surface area contributed by atoms with Crippen molar-refractivity contribution in [1.29, 1.82) is 0 Å². The lowest BCUT2D eigenvalue weighted by atomic mass is 10.1. The standard InChI is InChI=1S/C29H36N2O7/c1-4-6-12-18-37-26-16-11-10-15-23(26)27(32)30-24(20-35-3)28(33)31-25(21-36-17-5-2)29(34)38-19-22-13-8-7-9-14-22/h4-5,7-11,13-16,24-25H,1-2,6,12,17-21H2,3H3,(H,30,32)(H,31,33)/t24-,25-/m0/s1. The monoisotopic (exact) mass is 524 g/mol. The Kier molecular flexibility index (Phi) is 13.9. The number of carbonyl (C=O) groups excluding carboxylic acids is 3. The Labute approximate surface area is 223 Å². The van der Waals surface area contributed by atoms with Gasteiger partial charge in [-0.05, 0) is 30.5 Å². The lowest BCUT2D eigenvalue weighted by Gasteiger charge is -2.22. The first kappa shape index (κ1) is 30.3. The molecule has 0 aliphatic heterocycles. The van der Waals surface area contributed by atoms with Gasteiger partial charge in [-0.25, -0.2) is 4.79 Å². The topological polar surface area (TPSA) is 112 Å². The van der Waals surface area contributed by atoms with Gasteiger partial charge in [0.1, 0.15) is 18.4 Å². The highest BCUT2D eigenvalue weighted by Crippen LogP contribution is 2.18. The first-order valence-corrected chi connectivity index (χ1v) is 12.3. The number of amides is 2. The smallest absolute Gasteiger partial charge is 0.331 e. The molecular weight excluding hydrogens is 488 g/mol. The zero-order valence-corrected chi connectivity index (χ0v) is 21.7. The first-order valence-electron chi connectivity index (χ1n) is 12.3. The maximum absolute atomic E-state index is 13.1. The van der Waals surface area contributed by atoms with Crippen LogP contribution in [0, 0.1) is 0 Å². The number of benzene rings is 2. The van der Waals surface area contributed by atoms with Crippen molar-refractivity contribution in [1.82, 2.24) is 10.6 Å². The van der Waals surface area contributed by atoms with Crippen LogP contribution >= 0.6 is 0 Å². The van der Waals surface area contributed by atoms with Crippen LogP contribution in [0.4, 0.5) is 0 Å². The normalized spacial score (nSPS) is 12.0. The fourth-order valence-corrected chi connectivity index (χ4v) is 3.31. The first-order chi connectivity index (χ1) is 18.5. The third-order valence-electron chi connectivity index (χ3n) is 5.24. The molecule has 0 unspecified atom stereocenters. The number of nitrogens with one attached hydrogen (secondary N) is 2. The number of para-hydroxylation sites is 1. The second-order valence-corrected chi connectivity index (χ2v) is 8.24. The van der Waals surface area contributed by atoms with Gasteiger partial charge in [0.15, 0.2) is 6.04 Å². The maximum Gasteiger partial charge on any atom is 0.331 e. The number of unbranched alkanes of at least 4 members (excludes halogenated alkanes) is 1. The van der Waals surface area contributed by atoms with Gasteiger partial charge in [0, 0.05) is 7.11 Å². The van der Waals surface area contributed by atoms with Gasteiger partial charge in [-0.15, -0.1) is 13.2 Å². The van der Waals surface area contributed by atoms with Crippen molar-refractivity contribution < 1.29 is 33.3 Å². The zero-order chi connectivity index (χ0) is 27.6. The quantitative estimate of drug-likeness (QED) is 0.175. The average Bonchev–Trinajstić information content (AvgIpc) is 2.94. The number of rotatable bonds is 18. The van der Waals surface area contributed by atoms with Crippen molar-refractivity contribution in [2.75, 3.05) is 33.5 Å². The van der Waals surface area contributed by atoms with E-state index < -0.39 is 29.9 Å². The SMILES string of the molecule is C=CCCCOc1ccccc1C(=O)N[C@@H](COC)C(=O)N[C@@H](COCC=C)C(=O)OCc1ccccc1. The second-order valence-electron chi connectivity index (χ2n) is 8.24. The fourth-order valence-electron chi connectivity index (χ4n) is 3.31. The number of methoxy groups -OCH3 is 1. The van der Waals surface area contributed by atoms with Gasteiger partial charge in [0.05, 0.1) is 32.0 Å². The number of hydrogen-bond donors (Lipinski definition) is 2. The Morgan fingerprint density at radius 2 is 1.66 bits per heavy atom. The van der Waals surface area contributed by atoms with E-state index in [1.807, 2.05) is 30.3 Å². The molecule has 0 heterocycles. The van der Waals surface area contributed by atoms with E-state index in [9.17, 15) is 14.4 Å². The molecule has 204 valence electrons. The van der Waals surface area contributed by atoms with Crippen molar-refractivity contribution in [3.63, 3.8) is 0 Å². The molecule has 9 nitrogen and oxygen atoms in total. The van der Waals surface area contributed by atoms with E-state index in [2.05, 4.69) is 23.8 Å². The van der Waals surface area contributed by atoms with Gasteiger partial charge in [-0.1, -0.05) is 54.6 Å².